The first-order chi connectivity index (χ1) is 7.99. The Morgan fingerprint density at radius 2 is 2.12 bits per heavy atom. The van der Waals surface area contributed by atoms with E-state index in [-0.39, 0.29) is 5.92 Å². The minimum absolute atomic E-state index is 0.358. The first-order valence-corrected chi connectivity index (χ1v) is 5.79. The summed E-state index contributed by atoms with van der Waals surface area (Å²) in [6.07, 6.45) is 0.550. The van der Waals surface area contributed by atoms with Gasteiger partial charge in [-0.05, 0) is 31.0 Å². The summed E-state index contributed by atoms with van der Waals surface area (Å²) in [6, 6.07) is 6.26. The molecule has 0 saturated carbocycles. The maximum Gasteiger partial charge on any atom is 0.306 e. The zero-order chi connectivity index (χ0) is 12.6. The number of hydrogen-bond acceptors (Lipinski definition) is 1. The number of aromatic nitrogens is 1. The Morgan fingerprint density at radius 3 is 2.76 bits per heavy atom. The maximum atomic E-state index is 10.9. The van der Waals surface area contributed by atoms with Crippen molar-refractivity contribution in [1.82, 2.24) is 4.98 Å². The van der Waals surface area contributed by atoms with Gasteiger partial charge in [-0.25, -0.2) is 0 Å². The third-order valence-electron chi connectivity index (χ3n) is 3.25. The van der Waals surface area contributed by atoms with E-state index in [2.05, 4.69) is 30.1 Å². The molecule has 0 amide bonds. The first-order valence-electron chi connectivity index (χ1n) is 5.79. The summed E-state index contributed by atoms with van der Waals surface area (Å²) in [4.78, 5) is 14.2. The van der Waals surface area contributed by atoms with Crippen LogP contribution < -0.4 is 0 Å². The Morgan fingerprint density at radius 1 is 1.41 bits per heavy atom. The van der Waals surface area contributed by atoms with Crippen LogP contribution in [0.3, 0.4) is 0 Å². The third-order valence-corrected chi connectivity index (χ3v) is 3.25. The van der Waals surface area contributed by atoms with Gasteiger partial charge in [0.2, 0.25) is 0 Å². The van der Waals surface area contributed by atoms with Crippen molar-refractivity contribution < 1.29 is 9.90 Å². The van der Waals surface area contributed by atoms with Crippen LogP contribution in [0.4, 0.5) is 0 Å². The number of nitrogens with one attached hydrogen (secondary N) is 1. The van der Waals surface area contributed by atoms with Crippen LogP contribution >= 0.6 is 0 Å². The van der Waals surface area contributed by atoms with E-state index in [1.54, 1.807) is 6.92 Å². The summed E-state index contributed by atoms with van der Waals surface area (Å²) in [5.74, 6) is -1.11. The average molecular weight is 231 g/mol. The lowest BCUT2D eigenvalue weighted by Crippen LogP contribution is -2.12. The number of hydrogen-bond donors (Lipinski definition) is 2. The van der Waals surface area contributed by atoms with E-state index in [4.69, 9.17) is 5.11 Å². The van der Waals surface area contributed by atoms with Crippen molar-refractivity contribution in [1.29, 1.82) is 0 Å². The van der Waals surface area contributed by atoms with Gasteiger partial charge in [0.1, 0.15) is 0 Å². The number of carbonyl (C=O) groups is 1. The van der Waals surface area contributed by atoms with E-state index in [9.17, 15) is 4.79 Å². The van der Waals surface area contributed by atoms with Gasteiger partial charge in [-0.2, -0.15) is 0 Å². The van der Waals surface area contributed by atoms with E-state index in [1.165, 1.54) is 10.9 Å². The van der Waals surface area contributed by atoms with E-state index in [0.717, 1.165) is 16.8 Å². The lowest BCUT2D eigenvalue weighted by molar-refractivity contribution is -0.141. The van der Waals surface area contributed by atoms with Crippen LogP contribution in [0.15, 0.2) is 18.2 Å². The molecule has 1 heterocycles. The van der Waals surface area contributed by atoms with Crippen molar-refractivity contribution in [3.63, 3.8) is 0 Å². The Labute approximate surface area is 100 Å². The van der Waals surface area contributed by atoms with Crippen LogP contribution in [0.1, 0.15) is 23.7 Å². The molecule has 1 aromatic carbocycles. The number of rotatable bonds is 3. The molecule has 2 aromatic rings. The first kappa shape index (κ1) is 11.7. The fourth-order valence-corrected chi connectivity index (χ4v) is 2.11. The third kappa shape index (κ3) is 2.18. The largest absolute Gasteiger partial charge is 0.481 e. The summed E-state index contributed by atoms with van der Waals surface area (Å²) >= 11 is 0. The van der Waals surface area contributed by atoms with Gasteiger partial charge >= 0.3 is 5.97 Å². The minimum atomic E-state index is -0.751. The molecule has 3 heteroatoms. The smallest absolute Gasteiger partial charge is 0.306 e. The van der Waals surface area contributed by atoms with Crippen LogP contribution in [-0.4, -0.2) is 16.1 Å². The number of aromatic amines is 1. The van der Waals surface area contributed by atoms with E-state index in [0.29, 0.717) is 6.42 Å². The summed E-state index contributed by atoms with van der Waals surface area (Å²) < 4.78 is 0. The quantitative estimate of drug-likeness (QED) is 0.853. The SMILES string of the molecule is Cc1ccc2c(C)c(CC(C)C(=O)O)[nH]c2c1. The Balaban J connectivity index is 2.42. The number of H-pyrrole nitrogens is 1. The van der Waals surface area contributed by atoms with E-state index >= 15 is 0 Å². The lowest BCUT2D eigenvalue weighted by Gasteiger charge is -2.04. The molecule has 3 nitrogen and oxygen atoms in total. The van der Waals surface area contributed by atoms with Gasteiger partial charge in [0.15, 0.2) is 0 Å². The zero-order valence-electron chi connectivity index (χ0n) is 10.4. The van der Waals surface area contributed by atoms with Crippen molar-refractivity contribution in [2.24, 2.45) is 5.92 Å². The molecule has 17 heavy (non-hydrogen) atoms. The second-order valence-corrected chi connectivity index (χ2v) is 4.72. The van der Waals surface area contributed by atoms with Gasteiger partial charge in [-0.15, -0.1) is 0 Å². The number of aliphatic carboxylic acids is 1. The molecule has 0 bridgehead atoms. The van der Waals surface area contributed by atoms with Crippen molar-refractivity contribution in [3.8, 4) is 0 Å². The summed E-state index contributed by atoms with van der Waals surface area (Å²) in [6.45, 7) is 5.83. The molecule has 1 unspecified atom stereocenters. The van der Waals surface area contributed by atoms with Crippen molar-refractivity contribution in [2.75, 3.05) is 0 Å². The fraction of sp³-hybridized carbons (Fsp3) is 0.357. The highest BCUT2D eigenvalue weighted by Crippen LogP contribution is 2.24. The number of benzene rings is 1. The zero-order valence-corrected chi connectivity index (χ0v) is 10.4. The second-order valence-electron chi connectivity index (χ2n) is 4.72. The Hall–Kier alpha value is -1.77. The number of aryl methyl sites for hydroxylation is 2. The summed E-state index contributed by atoms with van der Waals surface area (Å²) in [5.41, 5.74) is 4.49. The molecular formula is C14H17NO2. The molecule has 0 aliphatic carbocycles. The van der Waals surface area contributed by atoms with Gasteiger partial charge in [-0.1, -0.05) is 19.1 Å². The van der Waals surface area contributed by atoms with Gasteiger partial charge in [-0.3, -0.25) is 4.79 Å². The number of carboxylic acids is 1. The highest BCUT2D eigenvalue weighted by atomic mass is 16.4. The minimum Gasteiger partial charge on any atom is -0.481 e. The second kappa shape index (κ2) is 4.24. The highest BCUT2D eigenvalue weighted by molar-refractivity contribution is 5.85. The molecule has 0 fully saturated rings. The molecule has 0 aliphatic heterocycles. The summed E-state index contributed by atoms with van der Waals surface area (Å²) in [5, 5.41) is 10.1. The molecule has 90 valence electrons. The molecule has 0 aliphatic rings. The number of carboxylic acid groups (broad SMARTS) is 1. The summed E-state index contributed by atoms with van der Waals surface area (Å²) in [7, 11) is 0. The van der Waals surface area contributed by atoms with E-state index in [1.807, 2.05) is 6.92 Å². The molecular weight excluding hydrogens is 214 g/mol. The fourth-order valence-electron chi connectivity index (χ4n) is 2.11. The van der Waals surface area contributed by atoms with Crippen LogP contribution in [0.2, 0.25) is 0 Å². The normalized spacial score (nSPS) is 12.9. The average Bonchev–Trinajstić information content (AvgIpc) is 2.55. The lowest BCUT2D eigenvalue weighted by atomic mass is 10.0. The standard InChI is InChI=1S/C14H17NO2/c1-8-4-5-11-10(3)12(15-13(11)6-8)7-9(2)14(16)17/h4-6,9,15H,7H2,1-3H3,(H,16,17). The highest BCUT2D eigenvalue weighted by Gasteiger charge is 2.15. The van der Waals surface area contributed by atoms with Crippen LogP contribution in [0.5, 0.6) is 0 Å². The van der Waals surface area contributed by atoms with Crippen LogP contribution in [0, 0.1) is 19.8 Å². The monoisotopic (exact) mass is 231 g/mol. The predicted octanol–water partition coefficient (Wildman–Crippen LogP) is 3.05. The van der Waals surface area contributed by atoms with Gasteiger partial charge in [0, 0.05) is 23.0 Å². The number of fused-ring (bicyclic) bond motifs is 1. The van der Waals surface area contributed by atoms with E-state index < -0.39 is 5.97 Å². The molecule has 0 saturated heterocycles. The van der Waals surface area contributed by atoms with Gasteiger partial charge < -0.3 is 10.1 Å². The molecule has 1 atom stereocenters. The topological polar surface area (TPSA) is 53.1 Å². The maximum absolute atomic E-state index is 10.9. The van der Waals surface area contributed by atoms with Gasteiger partial charge in [0.05, 0.1) is 5.92 Å². The molecule has 0 spiro atoms. The van der Waals surface area contributed by atoms with Crippen molar-refractivity contribution in [3.05, 3.63) is 35.0 Å². The van der Waals surface area contributed by atoms with Crippen molar-refractivity contribution in [2.45, 2.75) is 27.2 Å². The predicted molar refractivity (Wildman–Crippen MR) is 68.3 cm³/mol. The Bertz CT molecular complexity index is 569. The molecule has 2 N–H and O–H groups in total. The molecule has 0 radical (unpaired) electrons. The Kier molecular flexibility index (Phi) is 2.92. The molecule has 2 rings (SSSR count). The van der Waals surface area contributed by atoms with Crippen LogP contribution in [-0.2, 0) is 11.2 Å². The van der Waals surface area contributed by atoms with Gasteiger partial charge in [0.25, 0.3) is 0 Å². The molecule has 1 aromatic heterocycles. The van der Waals surface area contributed by atoms with Crippen LogP contribution in [0.25, 0.3) is 10.9 Å². The van der Waals surface area contributed by atoms with Crippen molar-refractivity contribution >= 4 is 16.9 Å².